The van der Waals surface area contributed by atoms with Crippen LogP contribution in [-0.4, -0.2) is 49.4 Å². The molecular formula is C18H25NO5Si. The maximum absolute atomic E-state index is 12.7. The number of carbonyl (C=O) groups is 2. The molecule has 1 aliphatic heterocycles. The van der Waals surface area contributed by atoms with Crippen LogP contribution in [0.3, 0.4) is 0 Å². The monoisotopic (exact) mass is 363 g/mol. The fraction of sp³-hybridized carbons (Fsp3) is 0.444. The second kappa shape index (κ2) is 8.31. The van der Waals surface area contributed by atoms with Crippen LogP contribution in [0.5, 0.6) is 5.75 Å². The Hall–Kier alpha value is -2.12. The summed E-state index contributed by atoms with van der Waals surface area (Å²) < 4.78 is 11.1. The fourth-order valence-corrected chi connectivity index (χ4v) is 3.16. The predicted molar refractivity (Wildman–Crippen MR) is 97.4 cm³/mol. The van der Waals surface area contributed by atoms with Crippen molar-refractivity contribution in [3.8, 4) is 5.75 Å². The van der Waals surface area contributed by atoms with Gasteiger partial charge in [-0.1, -0.05) is 37.8 Å². The lowest BCUT2D eigenvalue weighted by Gasteiger charge is -2.21. The Labute approximate surface area is 149 Å². The Balaban J connectivity index is 1.99. The molecule has 0 aromatic heterocycles. The van der Waals surface area contributed by atoms with Crippen LogP contribution in [0.15, 0.2) is 36.5 Å². The minimum absolute atomic E-state index is 0.0625. The van der Waals surface area contributed by atoms with Crippen LogP contribution in [0.2, 0.25) is 25.7 Å². The van der Waals surface area contributed by atoms with Crippen molar-refractivity contribution in [3.63, 3.8) is 0 Å². The van der Waals surface area contributed by atoms with E-state index in [2.05, 4.69) is 19.6 Å². The molecule has 1 aromatic carbocycles. The zero-order valence-corrected chi connectivity index (χ0v) is 15.9. The molecule has 1 aromatic rings. The Morgan fingerprint density at radius 1 is 1.28 bits per heavy atom. The van der Waals surface area contributed by atoms with Gasteiger partial charge in [-0.15, -0.1) is 0 Å². The third-order valence-electron chi connectivity index (χ3n) is 3.89. The number of carboxylic acid groups (broad SMARTS) is 1. The summed E-state index contributed by atoms with van der Waals surface area (Å²) in [5.74, 6) is -1.02. The van der Waals surface area contributed by atoms with Crippen molar-refractivity contribution in [2.24, 2.45) is 0 Å². The van der Waals surface area contributed by atoms with Crippen molar-refractivity contribution < 1.29 is 24.2 Å². The smallest absolute Gasteiger partial charge is 0.327 e. The number of carbonyl (C=O) groups excluding carboxylic acids is 1. The molecule has 0 spiro atoms. The van der Waals surface area contributed by atoms with Gasteiger partial charge in [-0.3, -0.25) is 4.79 Å². The van der Waals surface area contributed by atoms with Crippen molar-refractivity contribution in [1.29, 1.82) is 0 Å². The van der Waals surface area contributed by atoms with Gasteiger partial charge in [0.1, 0.15) is 11.8 Å². The summed E-state index contributed by atoms with van der Waals surface area (Å²) in [4.78, 5) is 25.2. The molecule has 25 heavy (non-hydrogen) atoms. The number of hydrogen-bond donors (Lipinski definition) is 1. The van der Waals surface area contributed by atoms with Crippen molar-refractivity contribution in [3.05, 3.63) is 42.1 Å². The number of hydrogen-bond acceptors (Lipinski definition) is 4. The van der Waals surface area contributed by atoms with Gasteiger partial charge in [-0.2, -0.15) is 0 Å². The van der Waals surface area contributed by atoms with E-state index >= 15 is 0 Å². The van der Waals surface area contributed by atoms with Gasteiger partial charge in [0, 0.05) is 20.9 Å². The molecule has 0 saturated carbocycles. The molecule has 0 bridgehead atoms. The summed E-state index contributed by atoms with van der Waals surface area (Å²) in [6, 6.07) is 6.98. The SMILES string of the molecule is C[Si](C)(C)CCOCOc1ccccc1C(=O)N1C=CCC1C(=O)O. The Morgan fingerprint density at radius 2 is 2.00 bits per heavy atom. The Bertz CT molecular complexity index is 653. The molecule has 0 radical (unpaired) electrons. The third-order valence-corrected chi connectivity index (χ3v) is 5.60. The first-order valence-electron chi connectivity index (χ1n) is 8.31. The van der Waals surface area contributed by atoms with Gasteiger partial charge >= 0.3 is 5.97 Å². The first kappa shape index (κ1) is 19.2. The summed E-state index contributed by atoms with van der Waals surface area (Å²) in [5, 5.41) is 9.23. The number of ether oxygens (including phenoxy) is 2. The normalized spacial score (nSPS) is 16.9. The lowest BCUT2D eigenvalue weighted by Crippen LogP contribution is -2.38. The Morgan fingerprint density at radius 3 is 2.68 bits per heavy atom. The number of rotatable bonds is 8. The zero-order chi connectivity index (χ0) is 18.4. The van der Waals surface area contributed by atoms with E-state index in [0.717, 1.165) is 6.04 Å². The highest BCUT2D eigenvalue weighted by Gasteiger charge is 2.32. The van der Waals surface area contributed by atoms with E-state index in [1.54, 1.807) is 30.3 Å². The van der Waals surface area contributed by atoms with Crippen molar-refractivity contribution >= 4 is 20.0 Å². The molecule has 1 unspecified atom stereocenters. The second-order valence-corrected chi connectivity index (χ2v) is 12.8. The fourth-order valence-electron chi connectivity index (χ4n) is 2.40. The minimum Gasteiger partial charge on any atom is -0.480 e. The van der Waals surface area contributed by atoms with Crippen LogP contribution in [0, 0.1) is 0 Å². The summed E-state index contributed by atoms with van der Waals surface area (Å²) in [6.07, 6.45) is 3.51. The molecule has 7 heteroatoms. The van der Waals surface area contributed by atoms with E-state index in [1.165, 1.54) is 11.1 Å². The van der Waals surface area contributed by atoms with Crippen molar-refractivity contribution in [2.75, 3.05) is 13.4 Å². The maximum atomic E-state index is 12.7. The molecule has 0 aliphatic carbocycles. The van der Waals surface area contributed by atoms with E-state index in [0.29, 0.717) is 24.3 Å². The van der Waals surface area contributed by atoms with Gasteiger partial charge in [-0.25, -0.2) is 4.79 Å². The van der Waals surface area contributed by atoms with Crippen LogP contribution in [0.4, 0.5) is 0 Å². The highest BCUT2D eigenvalue weighted by Crippen LogP contribution is 2.24. The van der Waals surface area contributed by atoms with Gasteiger partial charge in [0.2, 0.25) is 0 Å². The average Bonchev–Trinajstić information content (AvgIpc) is 3.03. The highest BCUT2D eigenvalue weighted by molar-refractivity contribution is 6.76. The third kappa shape index (κ3) is 5.44. The van der Waals surface area contributed by atoms with E-state index in [4.69, 9.17) is 9.47 Å². The Kier molecular flexibility index (Phi) is 6.38. The topological polar surface area (TPSA) is 76.1 Å². The molecule has 1 heterocycles. The molecule has 136 valence electrons. The van der Waals surface area contributed by atoms with Crippen LogP contribution in [0.1, 0.15) is 16.8 Å². The van der Waals surface area contributed by atoms with Gasteiger partial charge in [0.05, 0.1) is 5.56 Å². The van der Waals surface area contributed by atoms with E-state index in [9.17, 15) is 14.7 Å². The number of para-hydroxylation sites is 1. The molecule has 1 N–H and O–H groups in total. The van der Waals surface area contributed by atoms with E-state index in [1.807, 2.05) is 0 Å². The maximum Gasteiger partial charge on any atom is 0.327 e. The number of carboxylic acids is 1. The summed E-state index contributed by atoms with van der Waals surface area (Å²) >= 11 is 0. The number of aliphatic carboxylic acids is 1. The quantitative estimate of drug-likeness (QED) is 0.436. The highest BCUT2D eigenvalue weighted by atomic mass is 28.3. The summed E-state index contributed by atoms with van der Waals surface area (Å²) in [7, 11) is -1.16. The number of nitrogens with zero attached hydrogens (tertiary/aromatic N) is 1. The van der Waals surface area contributed by atoms with Crippen LogP contribution in [0.25, 0.3) is 0 Å². The van der Waals surface area contributed by atoms with Crippen LogP contribution >= 0.6 is 0 Å². The summed E-state index contributed by atoms with van der Waals surface area (Å²) in [5.41, 5.74) is 0.328. The molecule has 1 aliphatic rings. The second-order valence-electron chi connectivity index (χ2n) is 7.16. The van der Waals surface area contributed by atoms with Crippen molar-refractivity contribution in [1.82, 2.24) is 4.90 Å². The van der Waals surface area contributed by atoms with Gasteiger partial charge < -0.3 is 19.5 Å². The average molecular weight is 363 g/mol. The molecule has 1 amide bonds. The first-order chi connectivity index (χ1) is 11.8. The lowest BCUT2D eigenvalue weighted by molar-refractivity contribution is -0.141. The van der Waals surface area contributed by atoms with Gasteiger partial charge in [0.25, 0.3) is 5.91 Å². The minimum atomic E-state index is -1.16. The van der Waals surface area contributed by atoms with Gasteiger partial charge in [0.15, 0.2) is 6.79 Å². The van der Waals surface area contributed by atoms with E-state index in [-0.39, 0.29) is 12.7 Å². The largest absolute Gasteiger partial charge is 0.480 e. The summed E-state index contributed by atoms with van der Waals surface area (Å²) in [6.45, 7) is 7.50. The molecular weight excluding hydrogens is 338 g/mol. The first-order valence-corrected chi connectivity index (χ1v) is 12.0. The van der Waals surface area contributed by atoms with Crippen molar-refractivity contribution in [2.45, 2.75) is 38.1 Å². The molecule has 1 atom stereocenters. The number of amides is 1. The molecule has 2 rings (SSSR count). The van der Waals surface area contributed by atoms with Crippen LogP contribution in [-0.2, 0) is 9.53 Å². The zero-order valence-electron chi connectivity index (χ0n) is 14.9. The predicted octanol–water partition coefficient (Wildman–Crippen LogP) is 3.19. The van der Waals surface area contributed by atoms with Gasteiger partial charge in [-0.05, 0) is 24.6 Å². The standard InChI is InChI=1S/C18H25NO5Si/c1-25(2,3)12-11-23-13-24-16-9-5-4-7-14(16)17(20)19-10-6-8-15(19)18(21)22/h4-7,9-10,15H,8,11-13H2,1-3H3,(H,21,22). The number of benzene rings is 1. The van der Waals surface area contributed by atoms with E-state index < -0.39 is 20.1 Å². The lowest BCUT2D eigenvalue weighted by atomic mass is 10.1. The molecule has 0 fully saturated rings. The molecule has 6 nitrogen and oxygen atoms in total. The molecule has 0 saturated heterocycles. The van der Waals surface area contributed by atoms with Crippen LogP contribution < -0.4 is 4.74 Å².